The zero-order valence-corrected chi connectivity index (χ0v) is 30.8. The van der Waals surface area contributed by atoms with Crippen molar-refractivity contribution < 1.29 is 57.8 Å². The number of phenols is 2. The Hall–Kier alpha value is -6.84. The van der Waals surface area contributed by atoms with Crippen molar-refractivity contribution in [3.8, 4) is 46.0 Å². The van der Waals surface area contributed by atoms with Crippen molar-refractivity contribution in [2.24, 2.45) is 0 Å². The highest BCUT2D eigenvalue weighted by molar-refractivity contribution is 5.74. The van der Waals surface area contributed by atoms with E-state index in [-0.39, 0.29) is 40.9 Å². The quantitative estimate of drug-likeness (QED) is 0.135. The number of carbonyl (C=O) groups is 4. The monoisotopic (exact) mass is 768 g/mol. The van der Waals surface area contributed by atoms with Crippen molar-refractivity contribution in [1.29, 1.82) is 0 Å². The van der Waals surface area contributed by atoms with Crippen LogP contribution in [0.1, 0.15) is 68.3 Å². The lowest BCUT2D eigenvalue weighted by atomic mass is 10.0. The van der Waals surface area contributed by atoms with E-state index in [9.17, 15) is 29.4 Å². The smallest absolute Gasteiger partial charge is 0.219 e. The van der Waals surface area contributed by atoms with E-state index in [1.54, 1.807) is 42.5 Å². The number of nitrogens with one attached hydrogen (secondary N) is 4. The molecule has 7 rings (SSSR count). The molecule has 0 radical (unpaired) electrons. The van der Waals surface area contributed by atoms with E-state index in [4.69, 9.17) is 28.4 Å². The lowest BCUT2D eigenvalue weighted by Gasteiger charge is -2.37. The molecule has 4 amide bonds. The summed E-state index contributed by atoms with van der Waals surface area (Å²) in [6.45, 7) is 5.96. The van der Waals surface area contributed by atoms with Gasteiger partial charge in [-0.3, -0.25) is 19.2 Å². The standard InChI is InChI=1S/C40H40N4O12/c1-19(45)41-14-13-23-5-10-29-32(15-23)51-36(39(54-29)43-21(3)47)25-7-11-31-34(17-25)53-37(40(56-31)44-22(4)48)26-8-12-30-33(18-26)52-35(38(55-30)42-20(2)46)24-6-9-27(49)28(50)16-24/h5-12,15-18,35-40,49-50H,13-14H2,1-4H3,(H,41,45)(H,42,46)(H,43,47)(H,44,48)/t35-,36-,37+,38+,39+,40-/m1/s1. The number of benzene rings is 4. The van der Waals surface area contributed by atoms with E-state index in [2.05, 4.69) is 21.3 Å². The molecular formula is C40H40N4O12. The molecule has 0 unspecified atom stereocenters. The molecule has 0 spiro atoms. The van der Waals surface area contributed by atoms with Crippen LogP contribution in [0.4, 0.5) is 0 Å². The van der Waals surface area contributed by atoms with Crippen LogP contribution in [0.15, 0.2) is 72.8 Å². The molecule has 3 aliphatic heterocycles. The third-order valence-corrected chi connectivity index (χ3v) is 9.10. The first-order chi connectivity index (χ1) is 26.8. The average molecular weight is 769 g/mol. The average Bonchev–Trinajstić information content (AvgIpc) is 3.14. The van der Waals surface area contributed by atoms with Gasteiger partial charge in [0.1, 0.15) is 0 Å². The lowest BCUT2D eigenvalue weighted by molar-refractivity contribution is -0.125. The summed E-state index contributed by atoms with van der Waals surface area (Å²) >= 11 is 0. The van der Waals surface area contributed by atoms with Crippen LogP contribution >= 0.6 is 0 Å². The van der Waals surface area contributed by atoms with Gasteiger partial charge in [-0.15, -0.1) is 0 Å². The molecule has 0 fully saturated rings. The normalized spacial score (nSPS) is 21.6. The number of fused-ring (bicyclic) bond motifs is 3. The lowest BCUT2D eigenvalue weighted by Crippen LogP contribution is -2.47. The van der Waals surface area contributed by atoms with Gasteiger partial charge in [0.05, 0.1) is 0 Å². The number of hydrogen-bond donors (Lipinski definition) is 6. The summed E-state index contributed by atoms with van der Waals surface area (Å²) in [7, 11) is 0. The molecule has 0 aromatic heterocycles. The fourth-order valence-electron chi connectivity index (χ4n) is 6.62. The van der Waals surface area contributed by atoms with Crippen LogP contribution in [0.2, 0.25) is 0 Å². The van der Waals surface area contributed by atoms with Gasteiger partial charge in [-0.25, -0.2) is 0 Å². The maximum Gasteiger partial charge on any atom is 0.219 e. The van der Waals surface area contributed by atoms with E-state index >= 15 is 0 Å². The summed E-state index contributed by atoms with van der Waals surface area (Å²) in [5.41, 5.74) is 2.44. The molecule has 3 aliphatic rings. The molecule has 6 N–H and O–H groups in total. The van der Waals surface area contributed by atoms with E-state index < -0.39 is 37.0 Å². The van der Waals surface area contributed by atoms with Gasteiger partial charge in [0.2, 0.25) is 42.3 Å². The fourth-order valence-corrected chi connectivity index (χ4v) is 6.62. The van der Waals surface area contributed by atoms with Crippen LogP contribution < -0.4 is 49.7 Å². The SMILES string of the molecule is CC(=O)NCCc1ccc2c(c1)O[C@H](c1ccc3c(c1)O[C@@H](c1ccc4c(c1)O[C@H](c1ccc(O)c(O)c1)[C@@H](NC(C)=O)O4)[C@H](NC(C)=O)O3)[C@@H](NC(C)=O)O2. The van der Waals surface area contributed by atoms with E-state index in [0.717, 1.165) is 5.56 Å². The van der Waals surface area contributed by atoms with Crippen LogP contribution in [0, 0.1) is 0 Å². The Kier molecular flexibility index (Phi) is 10.4. The molecular weight excluding hydrogens is 728 g/mol. The Balaban J connectivity index is 1.19. The number of carbonyl (C=O) groups excluding carboxylic acids is 4. The van der Waals surface area contributed by atoms with Gasteiger partial charge in [-0.1, -0.05) is 24.3 Å². The Morgan fingerprint density at radius 1 is 0.482 bits per heavy atom. The third-order valence-electron chi connectivity index (χ3n) is 9.10. The predicted octanol–water partition coefficient (Wildman–Crippen LogP) is 3.70. The topological polar surface area (TPSA) is 212 Å². The summed E-state index contributed by atoms with van der Waals surface area (Å²) in [5.74, 6) is 0.200. The minimum Gasteiger partial charge on any atom is -0.504 e. The summed E-state index contributed by atoms with van der Waals surface area (Å²) in [6.07, 6.45) is -4.96. The van der Waals surface area contributed by atoms with Crippen molar-refractivity contribution >= 4 is 23.6 Å². The Morgan fingerprint density at radius 3 is 1.32 bits per heavy atom. The molecule has 0 aliphatic carbocycles. The van der Waals surface area contributed by atoms with Crippen molar-refractivity contribution in [3.05, 3.63) is 95.1 Å². The van der Waals surface area contributed by atoms with Crippen LogP contribution in [0.3, 0.4) is 0 Å². The molecule has 292 valence electrons. The second-order valence-electron chi connectivity index (χ2n) is 13.5. The number of amides is 4. The first-order valence-electron chi connectivity index (χ1n) is 17.8. The maximum atomic E-state index is 12.4. The van der Waals surface area contributed by atoms with Crippen LogP contribution in [-0.4, -0.2) is 59.1 Å². The van der Waals surface area contributed by atoms with Crippen molar-refractivity contribution in [3.63, 3.8) is 0 Å². The van der Waals surface area contributed by atoms with Gasteiger partial charge in [0.25, 0.3) is 0 Å². The number of ether oxygens (including phenoxy) is 6. The largest absolute Gasteiger partial charge is 0.504 e. The molecule has 16 nitrogen and oxygen atoms in total. The van der Waals surface area contributed by atoms with Crippen molar-refractivity contribution in [2.75, 3.05) is 6.54 Å². The minimum atomic E-state index is -0.977. The van der Waals surface area contributed by atoms with Gasteiger partial charge in [0, 0.05) is 50.9 Å². The van der Waals surface area contributed by atoms with Gasteiger partial charge in [0.15, 0.2) is 64.3 Å². The molecule has 16 heteroatoms. The molecule has 0 bridgehead atoms. The number of aromatic hydroxyl groups is 2. The second kappa shape index (κ2) is 15.5. The Labute approximate surface area is 321 Å². The zero-order valence-electron chi connectivity index (χ0n) is 30.8. The highest BCUT2D eigenvalue weighted by atomic mass is 16.6. The minimum absolute atomic E-state index is 0.128. The molecule has 0 saturated carbocycles. The van der Waals surface area contributed by atoms with Gasteiger partial charge in [-0.2, -0.15) is 0 Å². The van der Waals surface area contributed by atoms with E-state index in [1.807, 2.05) is 12.1 Å². The van der Waals surface area contributed by atoms with Gasteiger partial charge in [-0.05, 0) is 60.5 Å². The maximum absolute atomic E-state index is 12.4. The van der Waals surface area contributed by atoms with Crippen LogP contribution in [-0.2, 0) is 25.6 Å². The van der Waals surface area contributed by atoms with Crippen molar-refractivity contribution in [1.82, 2.24) is 21.3 Å². The zero-order chi connectivity index (χ0) is 39.7. The molecule has 3 heterocycles. The highest BCUT2D eigenvalue weighted by Crippen LogP contribution is 2.47. The molecule has 56 heavy (non-hydrogen) atoms. The summed E-state index contributed by atoms with van der Waals surface area (Å²) in [6, 6.07) is 19.7. The van der Waals surface area contributed by atoms with Gasteiger partial charge < -0.3 is 59.9 Å². The second-order valence-corrected chi connectivity index (χ2v) is 13.5. The third kappa shape index (κ3) is 8.13. The molecule has 4 aromatic rings. The van der Waals surface area contributed by atoms with E-state index in [1.165, 1.54) is 45.9 Å². The first-order valence-corrected chi connectivity index (χ1v) is 17.8. The Morgan fingerprint density at radius 2 is 0.893 bits per heavy atom. The van der Waals surface area contributed by atoms with Crippen LogP contribution in [0.5, 0.6) is 46.0 Å². The molecule has 6 atom stereocenters. The number of hydrogen-bond acceptors (Lipinski definition) is 12. The van der Waals surface area contributed by atoms with Gasteiger partial charge >= 0.3 is 0 Å². The highest BCUT2D eigenvalue weighted by Gasteiger charge is 2.40. The van der Waals surface area contributed by atoms with E-state index in [0.29, 0.717) is 58.4 Å². The molecule has 4 aromatic carbocycles. The summed E-state index contributed by atoms with van der Waals surface area (Å²) in [4.78, 5) is 48.1. The summed E-state index contributed by atoms with van der Waals surface area (Å²) < 4.78 is 38.0. The number of phenolic OH excluding ortho intramolecular Hbond substituents is 2. The predicted molar refractivity (Wildman–Crippen MR) is 196 cm³/mol. The summed E-state index contributed by atoms with van der Waals surface area (Å²) in [5, 5.41) is 31.2. The Bertz CT molecular complexity index is 2190. The first kappa shape index (κ1) is 37.5. The van der Waals surface area contributed by atoms with Crippen LogP contribution in [0.25, 0.3) is 0 Å². The number of rotatable bonds is 9. The fraction of sp³-hybridized carbons (Fsp3) is 0.300. The van der Waals surface area contributed by atoms with Crippen molar-refractivity contribution in [2.45, 2.75) is 71.1 Å². The molecule has 0 saturated heterocycles.